The van der Waals surface area contributed by atoms with Gasteiger partial charge >= 0.3 is 0 Å². The van der Waals surface area contributed by atoms with E-state index in [4.69, 9.17) is 5.73 Å². The molecule has 19 heavy (non-hydrogen) atoms. The summed E-state index contributed by atoms with van der Waals surface area (Å²) >= 11 is 0. The Morgan fingerprint density at radius 3 is 2.74 bits per heavy atom. The number of benzene rings is 1. The minimum Gasteiger partial charge on any atom is -0.329 e. The Hall–Kier alpha value is -1.09. The van der Waals surface area contributed by atoms with Crippen molar-refractivity contribution in [2.75, 3.05) is 26.2 Å². The van der Waals surface area contributed by atoms with E-state index < -0.39 is 21.7 Å². The van der Waals surface area contributed by atoms with Gasteiger partial charge in [-0.2, -0.15) is 4.31 Å². The molecular weight excluding hydrogens is 276 g/mol. The van der Waals surface area contributed by atoms with E-state index in [1.165, 1.54) is 4.31 Å². The summed E-state index contributed by atoms with van der Waals surface area (Å²) in [7, 11) is -3.86. The minimum atomic E-state index is -3.86. The number of nitrogens with zero attached hydrogens (tertiary/aromatic N) is 1. The maximum atomic E-state index is 13.2. The zero-order valence-corrected chi connectivity index (χ0v) is 11.0. The second-order valence-electron chi connectivity index (χ2n) is 4.29. The second-order valence-corrected chi connectivity index (χ2v) is 6.18. The van der Waals surface area contributed by atoms with Crippen molar-refractivity contribution in [2.24, 2.45) is 5.73 Å². The van der Waals surface area contributed by atoms with E-state index in [-0.39, 0.29) is 24.0 Å². The molecule has 0 spiro atoms. The fourth-order valence-corrected chi connectivity index (χ4v) is 3.68. The van der Waals surface area contributed by atoms with Crippen molar-refractivity contribution in [3.05, 3.63) is 29.8 Å². The first-order valence-electron chi connectivity index (χ1n) is 5.84. The van der Waals surface area contributed by atoms with Crippen molar-refractivity contribution < 1.29 is 17.2 Å². The molecule has 0 aromatic heterocycles. The second kappa shape index (κ2) is 5.49. The van der Waals surface area contributed by atoms with E-state index in [0.717, 1.165) is 12.1 Å². The molecule has 0 amide bonds. The van der Waals surface area contributed by atoms with E-state index in [2.05, 4.69) is 5.32 Å². The topological polar surface area (TPSA) is 75.4 Å². The average Bonchev–Trinajstić information content (AvgIpc) is 2.41. The maximum Gasteiger partial charge on any atom is 0.243 e. The average molecular weight is 291 g/mol. The summed E-state index contributed by atoms with van der Waals surface area (Å²) < 4.78 is 52.0. The third kappa shape index (κ3) is 2.76. The molecule has 1 atom stereocenters. The highest BCUT2D eigenvalue weighted by Gasteiger charge is 2.33. The molecule has 1 unspecified atom stereocenters. The molecule has 1 aromatic carbocycles. The number of nitrogens with one attached hydrogen (secondary N) is 1. The van der Waals surface area contributed by atoms with Crippen molar-refractivity contribution in [3.63, 3.8) is 0 Å². The zero-order valence-electron chi connectivity index (χ0n) is 10.1. The van der Waals surface area contributed by atoms with E-state index >= 15 is 0 Å². The van der Waals surface area contributed by atoms with Gasteiger partial charge in [0.25, 0.3) is 0 Å². The summed E-state index contributed by atoms with van der Waals surface area (Å²) in [6.45, 7) is 1.36. The van der Waals surface area contributed by atoms with Crippen LogP contribution >= 0.6 is 0 Å². The van der Waals surface area contributed by atoms with Gasteiger partial charge < -0.3 is 11.1 Å². The summed E-state index contributed by atoms with van der Waals surface area (Å²) in [4.78, 5) is -0.258. The van der Waals surface area contributed by atoms with Crippen LogP contribution in [0.2, 0.25) is 0 Å². The van der Waals surface area contributed by atoms with Gasteiger partial charge in [0.1, 0.15) is 0 Å². The third-order valence-electron chi connectivity index (χ3n) is 3.07. The van der Waals surface area contributed by atoms with Crippen LogP contribution in [0.15, 0.2) is 23.1 Å². The number of rotatable bonds is 3. The molecule has 1 aliphatic heterocycles. The van der Waals surface area contributed by atoms with Gasteiger partial charge in [-0.25, -0.2) is 17.2 Å². The lowest BCUT2D eigenvalue weighted by atomic mass is 10.2. The predicted octanol–water partition coefficient (Wildman–Crippen LogP) is -0.114. The number of nitrogens with two attached hydrogens (primary N) is 1. The fraction of sp³-hybridized carbons (Fsp3) is 0.455. The molecular formula is C11H15F2N3O2S. The van der Waals surface area contributed by atoms with Crippen LogP contribution in [0.5, 0.6) is 0 Å². The van der Waals surface area contributed by atoms with Crippen LogP contribution < -0.4 is 11.1 Å². The number of halogens is 2. The van der Waals surface area contributed by atoms with E-state index in [1.54, 1.807) is 0 Å². The Bertz CT molecular complexity index is 565. The number of piperazine rings is 1. The highest BCUT2D eigenvalue weighted by molar-refractivity contribution is 7.89. The van der Waals surface area contributed by atoms with Crippen LogP contribution in [-0.2, 0) is 10.0 Å². The molecule has 0 bridgehead atoms. The molecule has 3 N–H and O–H groups in total. The van der Waals surface area contributed by atoms with Gasteiger partial charge in [-0.3, -0.25) is 0 Å². The lowest BCUT2D eigenvalue weighted by molar-refractivity contribution is 0.272. The molecule has 1 aliphatic rings. The Balaban J connectivity index is 2.37. The van der Waals surface area contributed by atoms with Gasteiger partial charge in [-0.1, -0.05) is 0 Å². The number of sulfonamides is 1. The van der Waals surface area contributed by atoms with E-state index in [0.29, 0.717) is 19.2 Å². The quantitative estimate of drug-likeness (QED) is 0.814. The monoisotopic (exact) mass is 291 g/mol. The van der Waals surface area contributed by atoms with Crippen molar-refractivity contribution in [3.8, 4) is 0 Å². The Morgan fingerprint density at radius 1 is 1.37 bits per heavy atom. The molecule has 5 nitrogen and oxygen atoms in total. The van der Waals surface area contributed by atoms with Crippen LogP contribution in [0.4, 0.5) is 8.78 Å². The van der Waals surface area contributed by atoms with Gasteiger partial charge in [0.2, 0.25) is 10.0 Å². The zero-order chi connectivity index (χ0) is 14.0. The van der Waals surface area contributed by atoms with Crippen LogP contribution in [0.1, 0.15) is 0 Å². The summed E-state index contributed by atoms with van der Waals surface area (Å²) in [6, 6.07) is 2.18. The summed E-state index contributed by atoms with van der Waals surface area (Å²) in [5, 5.41) is 3.04. The molecule has 106 valence electrons. The van der Waals surface area contributed by atoms with Crippen molar-refractivity contribution in [1.29, 1.82) is 0 Å². The largest absolute Gasteiger partial charge is 0.329 e. The molecule has 1 saturated heterocycles. The fourth-order valence-electron chi connectivity index (χ4n) is 2.03. The molecule has 1 aromatic rings. The molecule has 1 heterocycles. The lowest BCUT2D eigenvalue weighted by Gasteiger charge is -2.34. The van der Waals surface area contributed by atoms with Crippen LogP contribution in [-0.4, -0.2) is 44.9 Å². The summed E-state index contributed by atoms with van der Waals surface area (Å²) in [5.74, 6) is -2.25. The Kier molecular flexibility index (Phi) is 4.14. The minimum absolute atomic E-state index is 0.163. The molecule has 8 heteroatoms. The van der Waals surface area contributed by atoms with Crippen LogP contribution in [0.25, 0.3) is 0 Å². The molecule has 1 fully saturated rings. The third-order valence-corrected chi connectivity index (χ3v) is 5.01. The Labute approximate surface area is 110 Å². The van der Waals surface area contributed by atoms with E-state index in [1.807, 2.05) is 0 Å². The van der Waals surface area contributed by atoms with Crippen molar-refractivity contribution in [1.82, 2.24) is 9.62 Å². The smallest absolute Gasteiger partial charge is 0.243 e. The summed E-state index contributed by atoms with van der Waals surface area (Å²) in [6.07, 6.45) is 0. The van der Waals surface area contributed by atoms with Gasteiger partial charge in [-0.05, 0) is 18.2 Å². The Morgan fingerprint density at radius 2 is 2.11 bits per heavy atom. The molecule has 0 radical (unpaired) electrons. The normalized spacial score (nSPS) is 21.5. The van der Waals surface area contributed by atoms with E-state index in [9.17, 15) is 17.2 Å². The standard InChI is InChI=1S/C11H15F2N3O2S/c12-10-2-1-9(5-11(10)13)19(17,18)16-4-3-15-7-8(16)6-14/h1-2,5,8,15H,3-4,6-7,14H2. The van der Waals surface area contributed by atoms with Gasteiger partial charge in [-0.15, -0.1) is 0 Å². The first kappa shape index (κ1) is 14.3. The molecule has 0 saturated carbocycles. The number of hydrogen-bond acceptors (Lipinski definition) is 4. The predicted molar refractivity (Wildman–Crippen MR) is 66.0 cm³/mol. The highest BCUT2D eigenvalue weighted by atomic mass is 32.2. The highest BCUT2D eigenvalue weighted by Crippen LogP contribution is 2.21. The first-order chi connectivity index (χ1) is 8.96. The molecule has 0 aliphatic carbocycles. The SMILES string of the molecule is NCC1CNCCN1S(=O)(=O)c1ccc(F)c(F)c1. The van der Waals surface area contributed by atoms with Crippen LogP contribution in [0, 0.1) is 11.6 Å². The number of hydrogen-bond donors (Lipinski definition) is 2. The van der Waals surface area contributed by atoms with Gasteiger partial charge in [0.05, 0.1) is 4.90 Å². The van der Waals surface area contributed by atoms with Gasteiger partial charge in [0.15, 0.2) is 11.6 Å². The maximum absolute atomic E-state index is 13.2. The van der Waals surface area contributed by atoms with Crippen molar-refractivity contribution >= 4 is 10.0 Å². The molecule has 2 rings (SSSR count). The lowest BCUT2D eigenvalue weighted by Crippen LogP contribution is -2.56. The first-order valence-corrected chi connectivity index (χ1v) is 7.28. The van der Waals surface area contributed by atoms with Crippen LogP contribution in [0.3, 0.4) is 0 Å². The summed E-state index contributed by atoms with van der Waals surface area (Å²) in [5.41, 5.74) is 5.54. The van der Waals surface area contributed by atoms with Gasteiger partial charge in [0, 0.05) is 32.2 Å². The van der Waals surface area contributed by atoms with Crippen molar-refractivity contribution in [2.45, 2.75) is 10.9 Å².